The van der Waals surface area contributed by atoms with E-state index in [0.717, 1.165) is 16.7 Å². The number of amides is 2. The number of methoxy groups -OCH3 is 3. The Bertz CT molecular complexity index is 748. The molecule has 1 heterocycles. The highest BCUT2D eigenvalue weighted by Gasteiger charge is 2.35. The monoisotopic (exact) mass is 368 g/mol. The average molecular weight is 368 g/mol. The van der Waals surface area contributed by atoms with Crippen molar-refractivity contribution in [2.24, 2.45) is 0 Å². The van der Waals surface area contributed by atoms with Crippen molar-refractivity contribution in [3.8, 4) is 11.5 Å². The van der Waals surface area contributed by atoms with Crippen LogP contribution in [0.3, 0.4) is 0 Å². The number of hydrogen-bond acceptors (Lipinski definition) is 8. The van der Waals surface area contributed by atoms with Crippen LogP contribution in [0.25, 0.3) is 6.08 Å². The van der Waals surface area contributed by atoms with Gasteiger partial charge in [-0.2, -0.15) is 0 Å². The van der Waals surface area contributed by atoms with Gasteiger partial charge in [-0.1, -0.05) is 0 Å². The van der Waals surface area contributed by atoms with Gasteiger partial charge in [0.25, 0.3) is 11.1 Å². The van der Waals surface area contributed by atoms with Crippen LogP contribution in [0.2, 0.25) is 0 Å². The number of imide groups is 1. The number of hydrogen-bond donors (Lipinski definition) is 0. The first-order valence-corrected chi connectivity index (χ1v) is 7.89. The van der Waals surface area contributed by atoms with E-state index in [9.17, 15) is 19.7 Å². The van der Waals surface area contributed by atoms with Gasteiger partial charge in [0, 0.05) is 24.8 Å². The van der Waals surface area contributed by atoms with Crippen molar-refractivity contribution in [2.75, 3.05) is 34.5 Å². The minimum atomic E-state index is -0.597. The predicted octanol–water partition coefficient (Wildman–Crippen LogP) is 2.29. The Morgan fingerprint density at radius 2 is 1.88 bits per heavy atom. The van der Waals surface area contributed by atoms with Crippen LogP contribution in [-0.2, 0) is 9.53 Å². The molecule has 0 bridgehead atoms. The number of carbonyl (C=O) groups is 2. The zero-order valence-electron chi connectivity index (χ0n) is 13.8. The van der Waals surface area contributed by atoms with E-state index in [1.807, 2.05) is 0 Å². The number of nitro benzene ring substituents is 1. The lowest BCUT2D eigenvalue weighted by atomic mass is 10.1. The molecule has 0 N–H and O–H groups in total. The quantitative estimate of drug-likeness (QED) is 0.410. The summed E-state index contributed by atoms with van der Waals surface area (Å²) < 4.78 is 15.1. The number of benzene rings is 1. The molecule has 0 saturated carbocycles. The lowest BCUT2D eigenvalue weighted by Crippen LogP contribution is -2.31. The van der Waals surface area contributed by atoms with Gasteiger partial charge < -0.3 is 14.2 Å². The summed E-state index contributed by atoms with van der Waals surface area (Å²) in [5.74, 6) is -0.161. The molecule has 134 valence electrons. The van der Waals surface area contributed by atoms with E-state index in [4.69, 9.17) is 14.2 Å². The van der Waals surface area contributed by atoms with Crippen LogP contribution in [0.5, 0.6) is 11.5 Å². The fraction of sp³-hybridized carbons (Fsp3) is 0.333. The maximum atomic E-state index is 12.3. The molecule has 1 aromatic rings. The number of ether oxygens (including phenoxy) is 3. The molecule has 1 aromatic carbocycles. The molecule has 0 aliphatic carbocycles. The van der Waals surface area contributed by atoms with Crippen molar-refractivity contribution in [1.29, 1.82) is 0 Å². The number of thioether (sulfide) groups is 1. The number of nitro groups is 1. The summed E-state index contributed by atoms with van der Waals surface area (Å²) in [6.45, 7) is 0.362. The molecule has 2 amide bonds. The van der Waals surface area contributed by atoms with Crippen LogP contribution in [-0.4, -0.2) is 55.5 Å². The van der Waals surface area contributed by atoms with Gasteiger partial charge in [-0.05, 0) is 17.8 Å². The van der Waals surface area contributed by atoms with Crippen molar-refractivity contribution in [3.05, 3.63) is 32.7 Å². The highest BCUT2D eigenvalue weighted by molar-refractivity contribution is 8.18. The predicted molar refractivity (Wildman–Crippen MR) is 90.8 cm³/mol. The largest absolute Gasteiger partial charge is 0.496 e. The number of nitrogens with zero attached hydrogens (tertiary/aromatic N) is 2. The maximum Gasteiger partial charge on any atom is 0.311 e. The van der Waals surface area contributed by atoms with E-state index < -0.39 is 16.1 Å². The van der Waals surface area contributed by atoms with E-state index in [2.05, 4.69) is 0 Å². The summed E-state index contributed by atoms with van der Waals surface area (Å²) in [6.07, 6.45) is 1.39. The van der Waals surface area contributed by atoms with Gasteiger partial charge in [0.15, 0.2) is 0 Å². The second kappa shape index (κ2) is 7.99. The Hall–Kier alpha value is -2.59. The fourth-order valence-electron chi connectivity index (χ4n) is 2.18. The minimum Gasteiger partial charge on any atom is -0.496 e. The van der Waals surface area contributed by atoms with Gasteiger partial charge in [-0.15, -0.1) is 0 Å². The van der Waals surface area contributed by atoms with Gasteiger partial charge >= 0.3 is 5.69 Å². The zero-order chi connectivity index (χ0) is 18.6. The molecule has 25 heavy (non-hydrogen) atoms. The molecule has 2 rings (SSSR count). The third-order valence-electron chi connectivity index (χ3n) is 3.41. The van der Waals surface area contributed by atoms with Crippen LogP contribution in [0, 0.1) is 10.1 Å². The summed E-state index contributed by atoms with van der Waals surface area (Å²) in [5.41, 5.74) is 0.0282. The molecule has 1 fully saturated rings. The molecular formula is C15H16N2O7S. The standard InChI is InChI=1S/C15H16N2O7S/c1-22-5-4-16-14(18)13(25-15(16)19)7-9-6-10(17(20)21)12(24-3)8-11(9)23-2/h6-8H,4-5H2,1-3H3/b13-7+. The van der Waals surface area contributed by atoms with Gasteiger partial charge in [0.05, 0.1) is 37.2 Å². The normalized spacial score (nSPS) is 15.8. The van der Waals surface area contributed by atoms with Gasteiger partial charge in [0.1, 0.15) is 5.75 Å². The van der Waals surface area contributed by atoms with E-state index in [0.29, 0.717) is 5.56 Å². The Morgan fingerprint density at radius 1 is 1.20 bits per heavy atom. The smallest absolute Gasteiger partial charge is 0.311 e. The molecule has 1 saturated heterocycles. The molecule has 9 nitrogen and oxygen atoms in total. The lowest BCUT2D eigenvalue weighted by Gasteiger charge is -2.11. The highest BCUT2D eigenvalue weighted by atomic mass is 32.2. The first-order chi connectivity index (χ1) is 11.9. The number of rotatable bonds is 7. The molecule has 0 spiro atoms. The second-order valence-corrected chi connectivity index (χ2v) is 5.84. The van der Waals surface area contributed by atoms with Crippen molar-refractivity contribution < 1.29 is 28.7 Å². The van der Waals surface area contributed by atoms with Crippen molar-refractivity contribution in [1.82, 2.24) is 4.90 Å². The molecule has 0 unspecified atom stereocenters. The second-order valence-electron chi connectivity index (χ2n) is 4.85. The summed E-state index contributed by atoms with van der Waals surface area (Å²) in [7, 11) is 4.17. The van der Waals surface area contributed by atoms with E-state index >= 15 is 0 Å². The highest BCUT2D eigenvalue weighted by Crippen LogP contribution is 2.38. The van der Waals surface area contributed by atoms with Crippen LogP contribution in [0.1, 0.15) is 5.56 Å². The van der Waals surface area contributed by atoms with Crippen molar-refractivity contribution in [3.63, 3.8) is 0 Å². The van der Waals surface area contributed by atoms with E-state index in [1.54, 1.807) is 0 Å². The van der Waals surface area contributed by atoms with E-state index in [-0.39, 0.29) is 35.2 Å². The third kappa shape index (κ3) is 3.91. The first kappa shape index (κ1) is 18.7. The summed E-state index contributed by atoms with van der Waals surface area (Å²) in [4.78, 5) is 36.0. The summed E-state index contributed by atoms with van der Waals surface area (Å²) in [5, 5.41) is 10.8. The topological polar surface area (TPSA) is 108 Å². The van der Waals surface area contributed by atoms with Crippen LogP contribution in [0.15, 0.2) is 17.0 Å². The zero-order valence-corrected chi connectivity index (χ0v) is 14.6. The van der Waals surface area contributed by atoms with Gasteiger partial charge in [-0.3, -0.25) is 24.6 Å². The number of carbonyl (C=O) groups excluding carboxylic acids is 2. The molecular weight excluding hydrogens is 352 g/mol. The average Bonchev–Trinajstić information content (AvgIpc) is 2.86. The van der Waals surface area contributed by atoms with Gasteiger partial charge in [-0.25, -0.2) is 0 Å². The van der Waals surface area contributed by atoms with Crippen molar-refractivity contribution >= 4 is 34.7 Å². The first-order valence-electron chi connectivity index (χ1n) is 7.07. The van der Waals surface area contributed by atoms with E-state index in [1.165, 1.54) is 39.5 Å². The SMILES string of the molecule is COCCN1C(=O)S/C(=C/c2cc([N+](=O)[O-])c(OC)cc2OC)C1=O. The molecule has 0 aromatic heterocycles. The Balaban J connectivity index is 2.43. The van der Waals surface area contributed by atoms with Crippen LogP contribution >= 0.6 is 11.8 Å². The van der Waals surface area contributed by atoms with Crippen LogP contribution in [0.4, 0.5) is 10.5 Å². The molecule has 1 aliphatic rings. The summed E-state index contributed by atoms with van der Waals surface area (Å²) >= 11 is 0.757. The third-order valence-corrected chi connectivity index (χ3v) is 4.31. The maximum absolute atomic E-state index is 12.3. The Labute approximate surface area is 147 Å². The molecule has 1 aliphatic heterocycles. The Kier molecular flexibility index (Phi) is 5.99. The fourth-order valence-corrected chi connectivity index (χ4v) is 3.03. The van der Waals surface area contributed by atoms with Crippen molar-refractivity contribution in [2.45, 2.75) is 0 Å². The van der Waals surface area contributed by atoms with Gasteiger partial charge in [0.2, 0.25) is 5.75 Å². The molecule has 0 atom stereocenters. The minimum absolute atomic E-state index is 0.0344. The molecule has 10 heteroatoms. The Morgan fingerprint density at radius 3 is 2.44 bits per heavy atom. The lowest BCUT2D eigenvalue weighted by molar-refractivity contribution is -0.385. The van der Waals surface area contributed by atoms with Crippen LogP contribution < -0.4 is 9.47 Å². The summed E-state index contributed by atoms with van der Waals surface area (Å²) in [6, 6.07) is 2.60. The molecule has 0 radical (unpaired) electrons.